The minimum absolute atomic E-state index is 0.309. The van der Waals surface area contributed by atoms with Gasteiger partial charge in [-0.3, -0.25) is 9.88 Å². The zero-order valence-electron chi connectivity index (χ0n) is 14.7. The molecule has 1 aromatic carbocycles. The van der Waals surface area contributed by atoms with Crippen molar-refractivity contribution in [1.29, 1.82) is 0 Å². The highest BCUT2D eigenvalue weighted by molar-refractivity contribution is 5.88. The fourth-order valence-corrected chi connectivity index (χ4v) is 3.17. The maximum absolute atomic E-state index is 10.7. The van der Waals surface area contributed by atoms with Gasteiger partial charge in [0.1, 0.15) is 11.3 Å². The summed E-state index contributed by atoms with van der Waals surface area (Å²) in [6.45, 7) is 8.36. The second-order valence-electron chi connectivity index (χ2n) is 6.58. The van der Waals surface area contributed by atoms with Crippen molar-refractivity contribution in [2.24, 2.45) is 0 Å². The Kier molecular flexibility index (Phi) is 5.66. The van der Waals surface area contributed by atoms with E-state index in [1.54, 1.807) is 6.20 Å². The molecule has 0 atom stereocenters. The number of hydrogen-bond acceptors (Lipinski definition) is 5. The minimum Gasteiger partial charge on any atom is -0.505 e. The molecule has 1 aliphatic rings. The van der Waals surface area contributed by atoms with Gasteiger partial charge in [-0.15, -0.1) is 0 Å². The van der Waals surface area contributed by atoms with Crippen molar-refractivity contribution < 1.29 is 9.84 Å². The van der Waals surface area contributed by atoms with E-state index in [2.05, 4.69) is 34.8 Å². The molecule has 0 bridgehead atoms. The molecule has 3 rings (SSSR count). The molecule has 1 aromatic heterocycles. The van der Waals surface area contributed by atoms with Crippen LogP contribution in [0.5, 0.6) is 5.75 Å². The molecule has 0 aliphatic carbocycles. The summed E-state index contributed by atoms with van der Waals surface area (Å²) in [5.74, 6) is 0.309. The van der Waals surface area contributed by atoms with Gasteiger partial charge >= 0.3 is 0 Å². The van der Waals surface area contributed by atoms with Gasteiger partial charge in [0.05, 0.1) is 6.61 Å². The Bertz CT molecular complexity index is 682. The molecule has 1 aliphatic heterocycles. The first kappa shape index (κ1) is 17.1. The van der Waals surface area contributed by atoms with E-state index in [4.69, 9.17) is 4.74 Å². The Hall–Kier alpha value is -1.69. The van der Waals surface area contributed by atoms with Gasteiger partial charge in [-0.1, -0.05) is 13.0 Å². The van der Waals surface area contributed by atoms with Crippen molar-refractivity contribution in [2.45, 2.75) is 26.5 Å². The van der Waals surface area contributed by atoms with Crippen LogP contribution in [0, 0.1) is 0 Å². The monoisotopic (exact) mass is 329 g/mol. The third-order valence-electron chi connectivity index (χ3n) is 4.63. The number of aromatic nitrogens is 1. The van der Waals surface area contributed by atoms with E-state index < -0.39 is 0 Å². The molecule has 1 N–H and O–H groups in total. The van der Waals surface area contributed by atoms with Gasteiger partial charge in [0.25, 0.3) is 0 Å². The lowest BCUT2D eigenvalue weighted by Crippen LogP contribution is -2.43. The Morgan fingerprint density at radius 3 is 2.75 bits per heavy atom. The molecule has 0 amide bonds. The summed E-state index contributed by atoms with van der Waals surface area (Å²) in [4.78, 5) is 9.13. The molecular weight excluding hydrogens is 302 g/mol. The number of piperazine rings is 1. The Labute approximate surface area is 143 Å². The number of likely N-dealkylation sites (N-methyl/N-ethyl adjacent to an activating group) is 1. The topological polar surface area (TPSA) is 48.8 Å². The summed E-state index contributed by atoms with van der Waals surface area (Å²) < 4.78 is 5.75. The third kappa shape index (κ3) is 3.86. The van der Waals surface area contributed by atoms with Gasteiger partial charge in [-0.2, -0.15) is 0 Å². The predicted octanol–water partition coefficient (Wildman–Crippen LogP) is 2.61. The van der Waals surface area contributed by atoms with Gasteiger partial charge in [0.15, 0.2) is 0 Å². The van der Waals surface area contributed by atoms with Crippen molar-refractivity contribution in [3.63, 3.8) is 0 Å². The summed E-state index contributed by atoms with van der Waals surface area (Å²) in [5, 5.41) is 11.7. The van der Waals surface area contributed by atoms with Crippen LogP contribution in [-0.4, -0.2) is 59.7 Å². The van der Waals surface area contributed by atoms with E-state index in [1.165, 1.54) is 0 Å². The molecule has 2 heterocycles. The van der Waals surface area contributed by atoms with Crippen LogP contribution in [0.1, 0.15) is 24.5 Å². The minimum atomic E-state index is 0.309. The molecule has 0 radical (unpaired) electrons. The van der Waals surface area contributed by atoms with Crippen LogP contribution in [0.15, 0.2) is 24.4 Å². The molecular formula is C19H27N3O2. The molecule has 0 spiro atoms. The number of aromatic hydroxyl groups is 1. The van der Waals surface area contributed by atoms with Crippen LogP contribution in [0.3, 0.4) is 0 Å². The van der Waals surface area contributed by atoms with Crippen LogP contribution >= 0.6 is 0 Å². The molecule has 24 heavy (non-hydrogen) atoms. The number of nitrogens with zero attached hydrogens (tertiary/aromatic N) is 3. The number of ether oxygens (including phenoxy) is 1. The maximum atomic E-state index is 10.7. The summed E-state index contributed by atoms with van der Waals surface area (Å²) in [6, 6.07) is 6.00. The fourth-order valence-electron chi connectivity index (χ4n) is 3.17. The molecule has 2 aromatic rings. The summed E-state index contributed by atoms with van der Waals surface area (Å²) in [5.41, 5.74) is 2.73. The van der Waals surface area contributed by atoms with Gasteiger partial charge in [0, 0.05) is 56.5 Å². The number of rotatable bonds is 6. The molecule has 0 saturated carbocycles. The zero-order chi connectivity index (χ0) is 16.9. The number of pyridine rings is 1. The van der Waals surface area contributed by atoms with E-state index in [1.807, 2.05) is 12.1 Å². The van der Waals surface area contributed by atoms with Crippen molar-refractivity contribution in [1.82, 2.24) is 14.8 Å². The van der Waals surface area contributed by atoms with Crippen LogP contribution in [0.2, 0.25) is 0 Å². The highest BCUT2D eigenvalue weighted by atomic mass is 16.5. The summed E-state index contributed by atoms with van der Waals surface area (Å²) in [7, 11) is 2.15. The van der Waals surface area contributed by atoms with E-state index >= 15 is 0 Å². The standard InChI is InChI=1S/C19H27N3O2/c1-3-11-24-14-16-12-15(13-22-9-7-21(2)8-10-22)19(23)18-17(16)5-4-6-20-18/h4-6,12,23H,3,7-11,13-14H2,1-2H3. The molecule has 5 heteroatoms. The second-order valence-corrected chi connectivity index (χ2v) is 6.58. The first-order valence-corrected chi connectivity index (χ1v) is 8.76. The number of phenolic OH excluding ortho intramolecular Hbond substituents is 1. The maximum Gasteiger partial charge on any atom is 0.146 e. The Morgan fingerprint density at radius 1 is 1.21 bits per heavy atom. The van der Waals surface area contributed by atoms with Gasteiger partial charge in [0.2, 0.25) is 0 Å². The first-order chi connectivity index (χ1) is 11.7. The highest BCUT2D eigenvalue weighted by Crippen LogP contribution is 2.31. The highest BCUT2D eigenvalue weighted by Gasteiger charge is 2.18. The lowest BCUT2D eigenvalue weighted by atomic mass is 10.0. The van der Waals surface area contributed by atoms with Crippen LogP contribution in [0.25, 0.3) is 10.9 Å². The second kappa shape index (κ2) is 7.92. The fraction of sp³-hybridized carbons (Fsp3) is 0.526. The van der Waals surface area contributed by atoms with Crippen molar-refractivity contribution in [2.75, 3.05) is 39.8 Å². The van der Waals surface area contributed by atoms with Crippen LogP contribution < -0.4 is 0 Å². The average Bonchev–Trinajstić information content (AvgIpc) is 2.61. The zero-order valence-corrected chi connectivity index (χ0v) is 14.7. The van der Waals surface area contributed by atoms with Crippen molar-refractivity contribution in [3.8, 4) is 5.75 Å². The number of benzene rings is 1. The number of fused-ring (bicyclic) bond motifs is 1. The van der Waals surface area contributed by atoms with Crippen LogP contribution in [-0.2, 0) is 17.9 Å². The molecule has 130 valence electrons. The van der Waals surface area contributed by atoms with Gasteiger partial charge < -0.3 is 14.7 Å². The van der Waals surface area contributed by atoms with Crippen molar-refractivity contribution >= 4 is 10.9 Å². The van der Waals surface area contributed by atoms with Gasteiger partial charge in [-0.05, 0) is 31.2 Å². The molecule has 1 saturated heterocycles. The third-order valence-corrected chi connectivity index (χ3v) is 4.63. The van der Waals surface area contributed by atoms with Gasteiger partial charge in [-0.25, -0.2) is 0 Å². The Morgan fingerprint density at radius 2 is 2.00 bits per heavy atom. The summed E-state index contributed by atoms with van der Waals surface area (Å²) in [6.07, 6.45) is 2.74. The molecule has 0 unspecified atom stereocenters. The summed E-state index contributed by atoms with van der Waals surface area (Å²) >= 11 is 0. The lowest BCUT2D eigenvalue weighted by Gasteiger charge is -2.32. The average molecular weight is 329 g/mol. The normalized spacial score (nSPS) is 16.8. The van der Waals surface area contributed by atoms with E-state index in [-0.39, 0.29) is 0 Å². The van der Waals surface area contributed by atoms with E-state index in [0.717, 1.165) is 62.3 Å². The Balaban J connectivity index is 1.87. The molecule has 5 nitrogen and oxygen atoms in total. The number of hydrogen-bond donors (Lipinski definition) is 1. The quantitative estimate of drug-likeness (QED) is 0.826. The van der Waals surface area contributed by atoms with Crippen molar-refractivity contribution in [3.05, 3.63) is 35.5 Å². The van der Waals surface area contributed by atoms with Crippen LogP contribution in [0.4, 0.5) is 0 Å². The van der Waals surface area contributed by atoms with E-state index in [0.29, 0.717) is 17.9 Å². The number of phenols is 1. The molecule has 1 fully saturated rings. The predicted molar refractivity (Wildman–Crippen MR) is 96.1 cm³/mol. The smallest absolute Gasteiger partial charge is 0.146 e. The van der Waals surface area contributed by atoms with E-state index in [9.17, 15) is 5.11 Å². The largest absolute Gasteiger partial charge is 0.505 e. The first-order valence-electron chi connectivity index (χ1n) is 8.76. The lowest BCUT2D eigenvalue weighted by molar-refractivity contribution is 0.122. The SMILES string of the molecule is CCCOCc1cc(CN2CCN(C)CC2)c(O)c2ncccc12.